The summed E-state index contributed by atoms with van der Waals surface area (Å²) >= 11 is 0. The summed E-state index contributed by atoms with van der Waals surface area (Å²) in [5.74, 6) is -2.15. The number of hydrogen-bond acceptors (Lipinski definition) is 8. The van der Waals surface area contributed by atoms with Gasteiger partial charge in [-0.3, -0.25) is 4.79 Å². The number of esters is 2. The lowest BCUT2D eigenvalue weighted by Gasteiger charge is -2.23. The molecular formula is C23H26N2O6. The Bertz CT molecular complexity index is 940. The number of nitrogens with two attached hydrogens (primary N) is 2. The highest BCUT2D eigenvalue weighted by atomic mass is 16.7. The minimum Gasteiger partial charge on any atom is -0.462 e. The van der Waals surface area contributed by atoms with Gasteiger partial charge in [-0.1, -0.05) is 62.4 Å². The average Bonchev–Trinajstić information content (AvgIpc) is 3.04. The molecule has 8 heteroatoms. The van der Waals surface area contributed by atoms with Crippen LogP contribution < -0.4 is 11.5 Å². The minimum absolute atomic E-state index is 0.00842. The molecule has 2 aromatic carbocycles. The topological polar surface area (TPSA) is 131 Å². The lowest BCUT2D eigenvalue weighted by Crippen LogP contribution is -2.58. The maximum Gasteiger partial charge on any atom is 0.516 e. The molecule has 0 radical (unpaired) electrons. The molecule has 1 aliphatic rings. The third-order valence-corrected chi connectivity index (χ3v) is 4.89. The third kappa shape index (κ3) is 5.28. The molecule has 0 aliphatic heterocycles. The summed E-state index contributed by atoms with van der Waals surface area (Å²) < 4.78 is 14.6. The smallest absolute Gasteiger partial charge is 0.462 e. The van der Waals surface area contributed by atoms with E-state index in [-0.39, 0.29) is 25.0 Å². The van der Waals surface area contributed by atoms with E-state index in [1.54, 1.807) is 0 Å². The van der Waals surface area contributed by atoms with E-state index in [2.05, 4.69) is 4.74 Å². The molecule has 0 spiro atoms. The maximum atomic E-state index is 12.5. The second-order valence-electron chi connectivity index (χ2n) is 7.97. The summed E-state index contributed by atoms with van der Waals surface area (Å²) in [6, 6.07) is 15.7. The first-order chi connectivity index (χ1) is 14.7. The van der Waals surface area contributed by atoms with Gasteiger partial charge in [-0.2, -0.15) is 0 Å². The molecule has 164 valence electrons. The Morgan fingerprint density at radius 1 is 0.935 bits per heavy atom. The molecule has 8 nitrogen and oxygen atoms in total. The lowest BCUT2D eigenvalue weighted by atomic mass is 9.98. The van der Waals surface area contributed by atoms with Crippen molar-refractivity contribution in [2.75, 3.05) is 13.2 Å². The standard InChI is InChI=1S/C23H26N2O6/c1-14(2)12-30-22(28)31-20(26)11-23(24,25)21(27)29-13-19-17-9-5-3-7-15(17)16-8-4-6-10-18(16)19/h3-10,14,19H,11-13,24-25H2,1-2H3. The fourth-order valence-electron chi connectivity index (χ4n) is 3.44. The number of fused-ring (bicyclic) bond motifs is 3. The van der Waals surface area contributed by atoms with Crippen LogP contribution in [0.1, 0.15) is 37.3 Å². The van der Waals surface area contributed by atoms with Gasteiger partial charge in [-0.25, -0.2) is 9.59 Å². The number of ether oxygens (including phenoxy) is 3. The molecule has 0 atom stereocenters. The Morgan fingerprint density at radius 2 is 1.48 bits per heavy atom. The van der Waals surface area contributed by atoms with E-state index in [4.69, 9.17) is 20.9 Å². The zero-order chi connectivity index (χ0) is 22.6. The van der Waals surface area contributed by atoms with Crippen LogP contribution in [0.2, 0.25) is 0 Å². The van der Waals surface area contributed by atoms with Gasteiger partial charge in [-0.05, 0) is 28.2 Å². The number of rotatable bonds is 7. The van der Waals surface area contributed by atoms with Gasteiger partial charge in [0.05, 0.1) is 13.0 Å². The zero-order valence-electron chi connectivity index (χ0n) is 17.5. The van der Waals surface area contributed by atoms with Crippen molar-refractivity contribution in [3.05, 3.63) is 59.7 Å². The van der Waals surface area contributed by atoms with Crippen molar-refractivity contribution in [1.29, 1.82) is 0 Å². The largest absolute Gasteiger partial charge is 0.516 e. The maximum absolute atomic E-state index is 12.5. The van der Waals surface area contributed by atoms with E-state index in [9.17, 15) is 14.4 Å². The van der Waals surface area contributed by atoms with E-state index in [1.807, 2.05) is 62.4 Å². The van der Waals surface area contributed by atoms with Gasteiger partial charge in [-0.15, -0.1) is 0 Å². The van der Waals surface area contributed by atoms with Gasteiger partial charge >= 0.3 is 18.1 Å². The summed E-state index contributed by atoms with van der Waals surface area (Å²) in [6.07, 6.45) is -1.90. The number of carbonyl (C=O) groups excluding carboxylic acids is 3. The second kappa shape index (κ2) is 9.28. The molecule has 0 amide bonds. The quantitative estimate of drug-likeness (QED) is 0.392. The lowest BCUT2D eigenvalue weighted by molar-refractivity contribution is -0.155. The summed E-state index contributed by atoms with van der Waals surface area (Å²) in [6.45, 7) is 3.76. The van der Waals surface area contributed by atoms with Crippen molar-refractivity contribution < 1.29 is 28.6 Å². The van der Waals surface area contributed by atoms with Crippen LogP contribution in [0.3, 0.4) is 0 Å². The predicted molar refractivity (Wildman–Crippen MR) is 113 cm³/mol. The molecule has 2 aromatic rings. The van der Waals surface area contributed by atoms with Crippen LogP contribution in [0.25, 0.3) is 11.1 Å². The Balaban J connectivity index is 1.60. The molecule has 0 unspecified atom stereocenters. The van der Waals surface area contributed by atoms with Crippen molar-refractivity contribution in [3.63, 3.8) is 0 Å². The Morgan fingerprint density at radius 3 is 2.03 bits per heavy atom. The van der Waals surface area contributed by atoms with Crippen molar-refractivity contribution in [2.24, 2.45) is 17.4 Å². The van der Waals surface area contributed by atoms with Gasteiger partial charge in [0.1, 0.15) is 6.61 Å². The highest BCUT2D eigenvalue weighted by Gasteiger charge is 2.37. The summed E-state index contributed by atoms with van der Waals surface area (Å²) in [4.78, 5) is 35.9. The van der Waals surface area contributed by atoms with Gasteiger partial charge in [0.25, 0.3) is 0 Å². The van der Waals surface area contributed by atoms with E-state index >= 15 is 0 Å². The first-order valence-electron chi connectivity index (χ1n) is 9.99. The number of benzene rings is 2. The van der Waals surface area contributed by atoms with Crippen LogP contribution in [-0.2, 0) is 23.8 Å². The predicted octanol–water partition coefficient (Wildman–Crippen LogP) is 2.68. The fraction of sp³-hybridized carbons (Fsp3) is 0.348. The van der Waals surface area contributed by atoms with Crippen LogP contribution in [0.5, 0.6) is 0 Å². The van der Waals surface area contributed by atoms with Crippen LogP contribution in [0, 0.1) is 5.92 Å². The molecule has 0 bridgehead atoms. The number of hydrogen-bond donors (Lipinski definition) is 2. The van der Waals surface area contributed by atoms with Gasteiger partial charge in [0, 0.05) is 5.92 Å². The number of carbonyl (C=O) groups is 3. The molecular weight excluding hydrogens is 400 g/mol. The molecule has 0 fully saturated rings. The molecule has 1 aliphatic carbocycles. The zero-order valence-corrected chi connectivity index (χ0v) is 17.5. The van der Waals surface area contributed by atoms with Crippen LogP contribution in [0.15, 0.2) is 48.5 Å². The monoisotopic (exact) mass is 426 g/mol. The molecule has 31 heavy (non-hydrogen) atoms. The normalized spacial score (nSPS) is 12.8. The average molecular weight is 426 g/mol. The highest BCUT2D eigenvalue weighted by molar-refractivity contribution is 5.89. The Kier molecular flexibility index (Phi) is 6.72. The molecule has 0 heterocycles. The second-order valence-corrected chi connectivity index (χ2v) is 7.97. The Hall–Kier alpha value is -3.23. The molecule has 0 saturated carbocycles. The van der Waals surface area contributed by atoms with E-state index in [1.165, 1.54) is 0 Å². The van der Waals surface area contributed by atoms with Gasteiger partial charge in [0.2, 0.25) is 0 Å². The van der Waals surface area contributed by atoms with Crippen molar-refractivity contribution in [3.8, 4) is 11.1 Å². The first kappa shape index (κ1) is 22.5. The van der Waals surface area contributed by atoms with Crippen LogP contribution in [-0.4, -0.2) is 37.0 Å². The highest BCUT2D eigenvalue weighted by Crippen LogP contribution is 2.44. The van der Waals surface area contributed by atoms with Crippen molar-refractivity contribution >= 4 is 18.1 Å². The third-order valence-electron chi connectivity index (χ3n) is 4.89. The molecule has 4 N–H and O–H groups in total. The molecule has 0 aromatic heterocycles. The summed E-state index contributed by atoms with van der Waals surface area (Å²) in [5, 5.41) is 0. The Labute approximate surface area is 180 Å². The van der Waals surface area contributed by atoms with Crippen LogP contribution >= 0.6 is 0 Å². The van der Waals surface area contributed by atoms with Crippen molar-refractivity contribution in [1.82, 2.24) is 0 Å². The molecule has 0 saturated heterocycles. The first-order valence-corrected chi connectivity index (χ1v) is 9.99. The SMILES string of the molecule is CC(C)COC(=O)OC(=O)CC(N)(N)C(=O)OCC1c2ccccc2-c2ccccc21. The molecule has 3 rings (SSSR count). The van der Waals surface area contributed by atoms with Gasteiger partial charge < -0.3 is 25.7 Å². The van der Waals surface area contributed by atoms with E-state index in [0.717, 1.165) is 22.3 Å². The minimum atomic E-state index is -2.15. The van der Waals surface area contributed by atoms with Gasteiger partial charge in [0.15, 0.2) is 5.66 Å². The van der Waals surface area contributed by atoms with E-state index < -0.39 is 30.2 Å². The van der Waals surface area contributed by atoms with Crippen LogP contribution in [0.4, 0.5) is 4.79 Å². The van der Waals surface area contributed by atoms with E-state index in [0.29, 0.717) is 0 Å². The fourth-order valence-corrected chi connectivity index (χ4v) is 3.44. The summed E-state index contributed by atoms with van der Waals surface area (Å²) in [5.41, 5.74) is 13.6. The van der Waals surface area contributed by atoms with Crippen molar-refractivity contribution in [2.45, 2.75) is 31.8 Å². The summed E-state index contributed by atoms with van der Waals surface area (Å²) in [7, 11) is 0.